The van der Waals surface area contributed by atoms with E-state index in [2.05, 4.69) is 5.32 Å². The number of benzene rings is 2. The topological polar surface area (TPSA) is 55.4 Å². The van der Waals surface area contributed by atoms with E-state index >= 15 is 0 Å². The molecule has 1 aliphatic heterocycles. The van der Waals surface area contributed by atoms with Gasteiger partial charge >= 0.3 is 5.97 Å². The molecule has 3 rings (SSSR count). The molecule has 112 valence electrons. The fourth-order valence-corrected chi connectivity index (χ4v) is 2.50. The maximum absolute atomic E-state index is 11.9. The number of hydrogen-bond donors (Lipinski definition) is 1. The van der Waals surface area contributed by atoms with E-state index in [1.54, 1.807) is 12.1 Å². The van der Waals surface area contributed by atoms with Gasteiger partial charge in [0.15, 0.2) is 0 Å². The number of esters is 1. The number of fused-ring (bicyclic) bond motifs is 1. The number of aryl methyl sites for hydroxylation is 2. The Morgan fingerprint density at radius 1 is 1.09 bits per heavy atom. The molecule has 0 atom stereocenters. The van der Waals surface area contributed by atoms with Crippen molar-refractivity contribution in [3.05, 3.63) is 59.7 Å². The van der Waals surface area contributed by atoms with Crippen molar-refractivity contribution in [1.29, 1.82) is 0 Å². The smallest absolute Gasteiger partial charge is 0.311 e. The summed E-state index contributed by atoms with van der Waals surface area (Å²) in [6, 6.07) is 15.2. The summed E-state index contributed by atoms with van der Waals surface area (Å²) in [5.41, 5.74) is 2.93. The Balaban J connectivity index is 1.59. The standard InChI is InChI=1S/C18H17NO3/c20-17-10-7-14-12-15(8-9-16(14)19-17)22-18(21)11-6-13-4-2-1-3-5-13/h1-5,8-9,12H,6-7,10-11H2,(H,19,20). The Bertz CT molecular complexity index is 695. The maximum Gasteiger partial charge on any atom is 0.311 e. The molecule has 1 N–H and O–H groups in total. The van der Waals surface area contributed by atoms with Crippen LogP contribution in [0, 0.1) is 0 Å². The van der Waals surface area contributed by atoms with Crippen molar-refractivity contribution < 1.29 is 14.3 Å². The highest BCUT2D eigenvalue weighted by molar-refractivity contribution is 5.94. The Morgan fingerprint density at radius 2 is 1.91 bits per heavy atom. The van der Waals surface area contributed by atoms with Crippen molar-refractivity contribution in [2.24, 2.45) is 0 Å². The third kappa shape index (κ3) is 3.52. The number of nitrogens with one attached hydrogen (secondary N) is 1. The third-order valence-corrected chi connectivity index (χ3v) is 3.66. The van der Waals surface area contributed by atoms with E-state index in [1.807, 2.05) is 36.4 Å². The zero-order chi connectivity index (χ0) is 15.4. The minimum absolute atomic E-state index is 0.0279. The molecular weight excluding hydrogens is 278 g/mol. The zero-order valence-electron chi connectivity index (χ0n) is 12.2. The van der Waals surface area contributed by atoms with Crippen LogP contribution in [-0.4, -0.2) is 11.9 Å². The quantitative estimate of drug-likeness (QED) is 0.696. The van der Waals surface area contributed by atoms with E-state index in [9.17, 15) is 9.59 Å². The number of hydrogen-bond acceptors (Lipinski definition) is 3. The van der Waals surface area contributed by atoms with Crippen LogP contribution in [-0.2, 0) is 22.4 Å². The summed E-state index contributed by atoms with van der Waals surface area (Å²) < 4.78 is 5.38. The molecule has 0 aromatic heterocycles. The average molecular weight is 295 g/mol. The van der Waals surface area contributed by atoms with Gasteiger partial charge in [0.1, 0.15) is 5.75 Å². The first-order chi connectivity index (χ1) is 10.7. The van der Waals surface area contributed by atoms with Crippen LogP contribution in [0.15, 0.2) is 48.5 Å². The molecule has 22 heavy (non-hydrogen) atoms. The van der Waals surface area contributed by atoms with E-state index in [0.717, 1.165) is 16.8 Å². The number of anilines is 1. The van der Waals surface area contributed by atoms with E-state index < -0.39 is 0 Å². The van der Waals surface area contributed by atoms with Gasteiger partial charge in [0, 0.05) is 18.5 Å². The molecule has 2 aromatic rings. The predicted molar refractivity (Wildman–Crippen MR) is 83.8 cm³/mol. The van der Waals surface area contributed by atoms with Gasteiger partial charge in [-0.3, -0.25) is 9.59 Å². The molecule has 1 amide bonds. The number of ether oxygens (including phenoxy) is 1. The summed E-state index contributed by atoms with van der Waals surface area (Å²) in [5, 5.41) is 2.81. The Kier molecular flexibility index (Phi) is 4.19. The summed E-state index contributed by atoms with van der Waals surface area (Å²) in [5.74, 6) is 0.316. The maximum atomic E-state index is 11.9. The molecule has 0 radical (unpaired) electrons. The van der Waals surface area contributed by atoms with Crippen molar-refractivity contribution >= 4 is 17.6 Å². The molecule has 1 heterocycles. The van der Waals surface area contributed by atoms with E-state index in [4.69, 9.17) is 4.74 Å². The molecule has 0 bridgehead atoms. The second kappa shape index (κ2) is 6.43. The molecule has 0 saturated carbocycles. The molecule has 4 nitrogen and oxygen atoms in total. The van der Waals surface area contributed by atoms with Crippen LogP contribution in [0.3, 0.4) is 0 Å². The van der Waals surface area contributed by atoms with Gasteiger partial charge in [-0.2, -0.15) is 0 Å². The molecule has 0 unspecified atom stereocenters. The van der Waals surface area contributed by atoms with Gasteiger partial charge in [0.25, 0.3) is 0 Å². The van der Waals surface area contributed by atoms with Gasteiger partial charge in [-0.15, -0.1) is 0 Å². The van der Waals surface area contributed by atoms with Gasteiger partial charge in [-0.05, 0) is 42.2 Å². The third-order valence-electron chi connectivity index (χ3n) is 3.66. The van der Waals surface area contributed by atoms with Crippen molar-refractivity contribution in [2.75, 3.05) is 5.32 Å². The number of carbonyl (C=O) groups excluding carboxylic acids is 2. The normalized spacial score (nSPS) is 13.2. The highest BCUT2D eigenvalue weighted by Crippen LogP contribution is 2.27. The van der Waals surface area contributed by atoms with E-state index in [0.29, 0.717) is 31.4 Å². The summed E-state index contributed by atoms with van der Waals surface area (Å²) in [7, 11) is 0. The first-order valence-electron chi connectivity index (χ1n) is 7.38. The van der Waals surface area contributed by atoms with Crippen LogP contribution in [0.25, 0.3) is 0 Å². The van der Waals surface area contributed by atoms with Crippen LogP contribution in [0.5, 0.6) is 5.75 Å². The average Bonchev–Trinajstić information content (AvgIpc) is 2.54. The molecule has 0 fully saturated rings. The molecule has 2 aromatic carbocycles. The lowest BCUT2D eigenvalue weighted by Crippen LogP contribution is -2.19. The monoisotopic (exact) mass is 295 g/mol. The van der Waals surface area contributed by atoms with E-state index in [-0.39, 0.29) is 11.9 Å². The summed E-state index contributed by atoms with van der Waals surface area (Å²) >= 11 is 0. The lowest BCUT2D eigenvalue weighted by molar-refractivity contribution is -0.134. The first-order valence-corrected chi connectivity index (χ1v) is 7.38. The lowest BCUT2D eigenvalue weighted by atomic mass is 10.0. The summed E-state index contributed by atoms with van der Waals surface area (Å²) in [6.45, 7) is 0. The first kappa shape index (κ1) is 14.3. The molecule has 0 saturated heterocycles. The Labute approximate surface area is 129 Å². The highest BCUT2D eigenvalue weighted by atomic mass is 16.5. The predicted octanol–water partition coefficient (Wildman–Crippen LogP) is 3.11. The minimum atomic E-state index is -0.247. The highest BCUT2D eigenvalue weighted by Gasteiger charge is 2.15. The van der Waals surface area contributed by atoms with Crippen molar-refractivity contribution in [2.45, 2.75) is 25.7 Å². The zero-order valence-corrected chi connectivity index (χ0v) is 12.2. The fourth-order valence-electron chi connectivity index (χ4n) is 2.50. The van der Waals surface area contributed by atoms with Crippen LogP contribution in [0.1, 0.15) is 24.0 Å². The van der Waals surface area contributed by atoms with Crippen LogP contribution in [0.2, 0.25) is 0 Å². The van der Waals surface area contributed by atoms with Gasteiger partial charge in [0.05, 0.1) is 0 Å². The summed E-state index contributed by atoms with van der Waals surface area (Å²) in [6.07, 6.45) is 2.16. The SMILES string of the molecule is O=C1CCc2cc(OC(=O)CCc3ccccc3)ccc2N1. The van der Waals surface area contributed by atoms with Crippen molar-refractivity contribution in [1.82, 2.24) is 0 Å². The van der Waals surface area contributed by atoms with Gasteiger partial charge in [-0.25, -0.2) is 0 Å². The Hall–Kier alpha value is -2.62. The number of rotatable bonds is 4. The molecular formula is C18H17NO3. The van der Waals surface area contributed by atoms with Crippen LogP contribution >= 0.6 is 0 Å². The second-order valence-corrected chi connectivity index (χ2v) is 5.33. The Morgan fingerprint density at radius 3 is 2.73 bits per heavy atom. The van der Waals surface area contributed by atoms with Crippen LogP contribution < -0.4 is 10.1 Å². The lowest BCUT2D eigenvalue weighted by Gasteiger charge is -2.17. The van der Waals surface area contributed by atoms with Crippen molar-refractivity contribution in [3.8, 4) is 5.75 Å². The summed E-state index contributed by atoms with van der Waals surface area (Å²) in [4.78, 5) is 23.2. The number of amides is 1. The van der Waals surface area contributed by atoms with Crippen molar-refractivity contribution in [3.63, 3.8) is 0 Å². The van der Waals surface area contributed by atoms with Gasteiger partial charge in [-0.1, -0.05) is 30.3 Å². The molecule has 0 aliphatic carbocycles. The van der Waals surface area contributed by atoms with Gasteiger partial charge < -0.3 is 10.1 Å². The minimum Gasteiger partial charge on any atom is -0.427 e. The molecule has 4 heteroatoms. The largest absolute Gasteiger partial charge is 0.427 e. The number of carbonyl (C=O) groups is 2. The second-order valence-electron chi connectivity index (χ2n) is 5.33. The van der Waals surface area contributed by atoms with Crippen LogP contribution in [0.4, 0.5) is 5.69 Å². The van der Waals surface area contributed by atoms with Gasteiger partial charge in [0.2, 0.25) is 5.91 Å². The fraction of sp³-hybridized carbons (Fsp3) is 0.222. The van der Waals surface area contributed by atoms with E-state index in [1.165, 1.54) is 0 Å². The molecule has 0 spiro atoms. The molecule has 1 aliphatic rings.